The lowest BCUT2D eigenvalue weighted by Crippen LogP contribution is -2.64. The van der Waals surface area contributed by atoms with Crippen LogP contribution in [0.4, 0.5) is 4.39 Å². The number of rotatable bonds is 5. The van der Waals surface area contributed by atoms with Crippen LogP contribution in [0, 0.1) is 5.82 Å². The molecule has 2 aromatic carbocycles. The average molecular weight is 533 g/mol. The second kappa shape index (κ2) is 9.85. The lowest BCUT2D eigenvalue weighted by atomic mass is 9.89. The molecule has 4 aromatic rings. The van der Waals surface area contributed by atoms with Gasteiger partial charge in [0.05, 0.1) is 36.1 Å². The van der Waals surface area contributed by atoms with E-state index < -0.39 is 5.82 Å². The molecular weight excluding hydrogens is 507 g/mol. The van der Waals surface area contributed by atoms with Crippen LogP contribution in [0.1, 0.15) is 28.9 Å². The summed E-state index contributed by atoms with van der Waals surface area (Å²) >= 11 is 6.13. The van der Waals surface area contributed by atoms with Gasteiger partial charge in [-0.25, -0.2) is 9.37 Å². The molecule has 0 saturated carbocycles. The van der Waals surface area contributed by atoms with Crippen molar-refractivity contribution in [2.24, 2.45) is 0 Å². The summed E-state index contributed by atoms with van der Waals surface area (Å²) in [6.07, 6.45) is 2.54. The van der Waals surface area contributed by atoms with Gasteiger partial charge < -0.3 is 14.0 Å². The van der Waals surface area contributed by atoms with E-state index in [9.17, 15) is 14.0 Å². The molecule has 0 spiro atoms. The number of likely N-dealkylation sites (tertiary alicyclic amines) is 1. The third-order valence-electron chi connectivity index (χ3n) is 7.40. The molecule has 2 unspecified atom stereocenters. The molecule has 2 aromatic heterocycles. The van der Waals surface area contributed by atoms with Crippen molar-refractivity contribution in [2.75, 3.05) is 20.2 Å². The summed E-state index contributed by atoms with van der Waals surface area (Å²) in [7, 11) is 1.46. The number of methoxy groups -OCH3 is 1. The number of hydrogen-bond acceptors (Lipinski definition) is 5. The molecule has 2 saturated heterocycles. The van der Waals surface area contributed by atoms with Crippen LogP contribution in [0.2, 0.25) is 5.02 Å². The molecule has 6 rings (SSSR count). The summed E-state index contributed by atoms with van der Waals surface area (Å²) in [5.41, 5.74) is 3.89. The maximum absolute atomic E-state index is 14.1. The number of nitrogens with zero attached hydrogens (tertiary/aromatic N) is 4. The maximum Gasteiger partial charge on any atom is 0.258 e. The Morgan fingerprint density at radius 3 is 2.53 bits per heavy atom. The number of imidazole rings is 1. The summed E-state index contributed by atoms with van der Waals surface area (Å²) in [4.78, 5) is 35.1. The molecule has 2 fully saturated rings. The van der Waals surface area contributed by atoms with Crippen LogP contribution in [-0.2, 0) is 11.3 Å². The first kappa shape index (κ1) is 24.6. The quantitative estimate of drug-likeness (QED) is 0.367. The number of ketones is 1. The van der Waals surface area contributed by atoms with Gasteiger partial charge in [-0.3, -0.25) is 14.5 Å². The number of piperidine rings is 1. The minimum Gasteiger partial charge on any atom is -0.496 e. The van der Waals surface area contributed by atoms with Crippen molar-refractivity contribution >= 4 is 28.9 Å². The predicted molar refractivity (Wildman–Crippen MR) is 142 cm³/mol. The third kappa shape index (κ3) is 4.44. The van der Waals surface area contributed by atoms with Crippen molar-refractivity contribution in [3.63, 3.8) is 0 Å². The fourth-order valence-corrected chi connectivity index (χ4v) is 5.90. The number of halogens is 2. The lowest BCUT2D eigenvalue weighted by Gasteiger charge is -2.49. The zero-order valence-electron chi connectivity index (χ0n) is 20.8. The number of pyridine rings is 1. The summed E-state index contributed by atoms with van der Waals surface area (Å²) < 4.78 is 21.5. The predicted octanol–water partition coefficient (Wildman–Crippen LogP) is 4.86. The first-order valence-corrected chi connectivity index (χ1v) is 12.9. The third-order valence-corrected chi connectivity index (χ3v) is 7.65. The Bertz CT molecular complexity index is 1520. The smallest absolute Gasteiger partial charge is 0.258 e. The monoisotopic (exact) mass is 532 g/mol. The van der Waals surface area contributed by atoms with Crippen molar-refractivity contribution in [1.29, 1.82) is 0 Å². The number of hydrogen-bond donors (Lipinski definition) is 0. The van der Waals surface area contributed by atoms with Crippen molar-refractivity contribution in [3.8, 4) is 17.0 Å². The highest BCUT2D eigenvalue weighted by Crippen LogP contribution is 2.33. The largest absolute Gasteiger partial charge is 0.496 e. The maximum atomic E-state index is 14.1. The van der Waals surface area contributed by atoms with Crippen molar-refractivity contribution in [2.45, 2.75) is 31.5 Å². The molecule has 2 aliphatic heterocycles. The minimum absolute atomic E-state index is 0.145. The second-order valence-electron chi connectivity index (χ2n) is 9.85. The Morgan fingerprint density at radius 1 is 1.08 bits per heavy atom. The van der Waals surface area contributed by atoms with E-state index in [0.717, 1.165) is 22.6 Å². The Balaban J connectivity index is 1.32. The molecule has 9 heteroatoms. The summed E-state index contributed by atoms with van der Waals surface area (Å²) in [6, 6.07) is 16.8. The molecule has 38 heavy (non-hydrogen) atoms. The molecule has 0 radical (unpaired) electrons. The van der Waals surface area contributed by atoms with Gasteiger partial charge in [0.1, 0.15) is 23.0 Å². The molecule has 1 amide bonds. The molecule has 194 valence electrons. The molecule has 7 nitrogen and oxygen atoms in total. The van der Waals surface area contributed by atoms with Crippen LogP contribution in [0.15, 0.2) is 66.9 Å². The second-order valence-corrected chi connectivity index (χ2v) is 10.3. The first-order valence-electron chi connectivity index (χ1n) is 12.5. The van der Waals surface area contributed by atoms with Gasteiger partial charge in [-0.2, -0.15) is 0 Å². The highest BCUT2D eigenvalue weighted by atomic mass is 35.5. The number of fused-ring (bicyclic) bond motifs is 3. The number of benzene rings is 2. The van der Waals surface area contributed by atoms with E-state index >= 15 is 0 Å². The van der Waals surface area contributed by atoms with Crippen molar-refractivity contribution in [1.82, 2.24) is 19.2 Å². The van der Waals surface area contributed by atoms with Gasteiger partial charge in [0, 0.05) is 49.3 Å². The standard InChI is InChI=1S/C29H26ClFN4O3/c1-38-26-10-9-20(31)12-24(26)29(37)35-21-13-23(36)14-22(35)16-33(15-21)17-25-28(18-5-7-19(30)8-6-18)32-27-4-2-3-11-34(25)27/h2-12,21-22H,13-17H2,1H3. The fourth-order valence-electron chi connectivity index (χ4n) is 5.77. The molecule has 0 N–H and O–H groups in total. The highest BCUT2D eigenvalue weighted by Gasteiger charge is 2.44. The van der Waals surface area contributed by atoms with Crippen LogP contribution in [0.5, 0.6) is 5.75 Å². The first-order chi connectivity index (χ1) is 18.4. The van der Waals surface area contributed by atoms with Crippen LogP contribution in [0.3, 0.4) is 0 Å². The molecule has 2 bridgehead atoms. The van der Waals surface area contributed by atoms with Gasteiger partial charge >= 0.3 is 0 Å². The molecule has 2 atom stereocenters. The Labute approximate surface area is 224 Å². The Hall–Kier alpha value is -3.75. The van der Waals surface area contributed by atoms with Gasteiger partial charge in [-0.05, 0) is 42.5 Å². The topological polar surface area (TPSA) is 67.2 Å². The van der Waals surface area contributed by atoms with Gasteiger partial charge in [-0.1, -0.05) is 29.8 Å². The minimum atomic E-state index is -0.503. The molecule has 0 aliphatic carbocycles. The van der Waals surface area contributed by atoms with Crippen molar-refractivity contribution in [3.05, 3.63) is 89.0 Å². The normalized spacial score (nSPS) is 19.7. The number of Topliss-reactive ketones (excluding diaryl/α,β-unsaturated/α-hetero) is 1. The van der Waals surface area contributed by atoms with Crippen LogP contribution < -0.4 is 4.74 Å². The number of piperazine rings is 1. The van der Waals surface area contributed by atoms with Crippen LogP contribution in [-0.4, -0.2) is 63.2 Å². The molecule has 4 heterocycles. The number of carbonyl (C=O) groups is 2. The average Bonchev–Trinajstić information content (AvgIpc) is 3.26. The van der Waals surface area contributed by atoms with Gasteiger partial charge in [0.15, 0.2) is 0 Å². The zero-order chi connectivity index (χ0) is 26.4. The number of carbonyl (C=O) groups excluding carboxylic acids is 2. The van der Waals surface area contributed by atoms with Gasteiger partial charge in [0.2, 0.25) is 0 Å². The SMILES string of the molecule is COc1ccc(F)cc1C(=O)N1C2CC(=O)CC1CN(Cc1c(-c3ccc(Cl)cc3)nc3ccccn13)C2. The van der Waals surface area contributed by atoms with Crippen molar-refractivity contribution < 1.29 is 18.7 Å². The Morgan fingerprint density at radius 2 is 1.82 bits per heavy atom. The molecule has 2 aliphatic rings. The van der Waals surface area contributed by atoms with Crippen LogP contribution in [0.25, 0.3) is 16.9 Å². The number of ether oxygens (including phenoxy) is 1. The van der Waals surface area contributed by atoms with E-state index in [-0.39, 0.29) is 42.2 Å². The fraction of sp³-hybridized carbons (Fsp3) is 0.276. The molecular formula is C29H26ClFN4O3. The van der Waals surface area contributed by atoms with Gasteiger partial charge in [0.25, 0.3) is 5.91 Å². The van der Waals surface area contributed by atoms with Crippen LogP contribution >= 0.6 is 11.6 Å². The lowest BCUT2D eigenvalue weighted by molar-refractivity contribution is -0.127. The number of amides is 1. The Kier molecular flexibility index (Phi) is 6.37. The van der Waals surface area contributed by atoms with E-state index in [1.165, 1.54) is 25.3 Å². The van der Waals surface area contributed by atoms with E-state index in [2.05, 4.69) is 9.30 Å². The van der Waals surface area contributed by atoms with E-state index in [4.69, 9.17) is 21.3 Å². The summed E-state index contributed by atoms with van der Waals surface area (Å²) in [5.74, 6) is -0.343. The summed E-state index contributed by atoms with van der Waals surface area (Å²) in [5, 5.41) is 0.660. The van der Waals surface area contributed by atoms with E-state index in [1.807, 2.05) is 48.7 Å². The zero-order valence-corrected chi connectivity index (χ0v) is 21.6. The van der Waals surface area contributed by atoms with E-state index in [0.29, 0.717) is 30.4 Å². The van der Waals surface area contributed by atoms with E-state index in [1.54, 1.807) is 4.90 Å². The van der Waals surface area contributed by atoms with Gasteiger partial charge in [-0.15, -0.1) is 0 Å². The number of aromatic nitrogens is 2. The highest BCUT2D eigenvalue weighted by molar-refractivity contribution is 6.30. The summed E-state index contributed by atoms with van der Waals surface area (Å²) in [6.45, 7) is 1.63.